The summed E-state index contributed by atoms with van der Waals surface area (Å²) in [5, 5.41) is 0. The molecule has 123 valence electrons. The van der Waals surface area contributed by atoms with Crippen LogP contribution in [0.2, 0.25) is 0 Å². The van der Waals surface area contributed by atoms with Crippen molar-refractivity contribution < 1.29 is 0 Å². The van der Waals surface area contributed by atoms with Crippen molar-refractivity contribution in [3.63, 3.8) is 0 Å². The van der Waals surface area contributed by atoms with E-state index in [1.807, 2.05) is 0 Å². The molecule has 0 rings (SSSR count). The van der Waals surface area contributed by atoms with E-state index < -0.39 is 39.9 Å². The van der Waals surface area contributed by atoms with Gasteiger partial charge < -0.3 is 0 Å². The second-order valence-corrected chi connectivity index (χ2v) is 15.1. The molecule has 0 bridgehead atoms. The Morgan fingerprint density at radius 3 is 0.650 bits per heavy atom. The molecule has 0 aliphatic rings. The SMILES string of the molecule is ClC(Cl)(Cl)C(Cl)(Cl)C(Cl)(Cl)C(Cl)(Cl)C(Cl)(Cl)Cl.[Cl][Sb][Cl]. The fraction of sp³-hybridized carbons (Fsp3) is 1.00. The van der Waals surface area contributed by atoms with Gasteiger partial charge in [0, 0.05) is 0 Å². The molecule has 0 amide bonds. The van der Waals surface area contributed by atoms with Gasteiger partial charge in [-0.2, -0.15) is 0 Å². The van der Waals surface area contributed by atoms with Crippen LogP contribution in [0.1, 0.15) is 0 Å². The van der Waals surface area contributed by atoms with Gasteiger partial charge in [0.2, 0.25) is 16.3 Å². The molecule has 0 aromatic rings. The molecule has 0 aliphatic heterocycles. The molecule has 0 aromatic carbocycles. The first kappa shape index (κ1) is 27.1. The van der Waals surface area contributed by atoms with Gasteiger partial charge >= 0.3 is 37.0 Å². The third-order valence-electron chi connectivity index (χ3n) is 1.50. The Kier molecular flexibility index (Phi) is 13.2. The van der Waals surface area contributed by atoms with E-state index in [9.17, 15) is 0 Å². The average molecular weight is 678 g/mol. The summed E-state index contributed by atoms with van der Waals surface area (Å²) in [6, 6.07) is 0. The Hall–Kier alpha value is 4.88. The van der Waals surface area contributed by atoms with E-state index in [1.54, 1.807) is 0 Å². The fourth-order valence-electron chi connectivity index (χ4n) is 0.553. The van der Waals surface area contributed by atoms with Crippen LogP contribution in [0.25, 0.3) is 0 Å². The molecule has 0 atom stereocenters. The Morgan fingerprint density at radius 1 is 0.400 bits per heavy atom. The first-order valence-electron chi connectivity index (χ1n) is 3.61. The van der Waals surface area contributed by atoms with E-state index in [4.69, 9.17) is 157 Å². The summed E-state index contributed by atoms with van der Waals surface area (Å²) in [6.07, 6.45) is 0. The van der Waals surface area contributed by atoms with Gasteiger partial charge in [-0.25, -0.2) is 0 Å². The van der Waals surface area contributed by atoms with Crippen LogP contribution in [0, 0.1) is 0 Å². The van der Waals surface area contributed by atoms with Gasteiger partial charge in [-0.1, -0.05) is 139 Å². The summed E-state index contributed by atoms with van der Waals surface area (Å²) in [6.45, 7) is 0. The summed E-state index contributed by atoms with van der Waals surface area (Å²) in [5.41, 5.74) is 0. The maximum atomic E-state index is 5.82. The van der Waals surface area contributed by atoms with Crippen LogP contribution < -0.4 is 0 Å². The summed E-state index contributed by atoms with van der Waals surface area (Å²) in [4.78, 5) is 0. The third-order valence-corrected chi connectivity index (χ3v) is 8.54. The van der Waals surface area contributed by atoms with Crippen molar-refractivity contribution in [2.45, 2.75) is 20.6 Å². The first-order valence-corrected chi connectivity index (χ1v) is 14.6. The standard InChI is InChI=1S/C5Cl12.2ClH.Sb/c6-1(7,2(8,9)4(12,13)14)3(10,11)5(15,16)17;;;/h;2*1H;/q;;;+2/p-2. The molecule has 0 saturated carbocycles. The minimum atomic E-state index is -2.53. The topological polar surface area (TPSA) is 0 Å². The zero-order valence-corrected chi connectivity index (χ0v) is 21.4. The molecule has 0 aromatic heterocycles. The summed E-state index contributed by atoms with van der Waals surface area (Å²) in [5.74, 6) is 0. The van der Waals surface area contributed by atoms with Crippen LogP contribution in [0.4, 0.5) is 0 Å². The van der Waals surface area contributed by atoms with Crippen LogP contribution >= 0.6 is 157 Å². The second kappa shape index (κ2) is 9.71. The monoisotopic (exact) mass is 670 g/mol. The van der Waals surface area contributed by atoms with Crippen molar-refractivity contribution in [2.75, 3.05) is 0 Å². The molecular formula is C5Cl14Sb. The van der Waals surface area contributed by atoms with Gasteiger partial charge in [0.1, 0.15) is 0 Å². The summed E-state index contributed by atoms with van der Waals surface area (Å²) in [7, 11) is 9.83. The number of alkyl halides is 12. The number of hydrogen-bond donors (Lipinski definition) is 0. The van der Waals surface area contributed by atoms with Gasteiger partial charge in [-0.15, -0.1) is 0 Å². The number of halogens is 14. The van der Waals surface area contributed by atoms with Crippen molar-refractivity contribution in [2.24, 2.45) is 0 Å². The average Bonchev–Trinajstić information content (AvgIpc) is 2.14. The van der Waals surface area contributed by atoms with Gasteiger partial charge in [0.15, 0.2) is 4.33 Å². The molecule has 1 radical (unpaired) electrons. The van der Waals surface area contributed by atoms with Crippen molar-refractivity contribution in [3.05, 3.63) is 0 Å². The first-order chi connectivity index (χ1) is 8.41. The Balaban J connectivity index is 0. The molecular weight excluding hydrogens is 678 g/mol. The van der Waals surface area contributed by atoms with Crippen molar-refractivity contribution >= 4 is 176 Å². The molecule has 0 N–H and O–H groups in total. The van der Waals surface area contributed by atoms with E-state index in [-0.39, 0.29) is 0 Å². The van der Waals surface area contributed by atoms with Gasteiger partial charge in [0.05, 0.1) is 0 Å². The maximum absolute atomic E-state index is 5.82. The molecule has 15 heteroatoms. The van der Waals surface area contributed by atoms with Crippen LogP contribution in [0.15, 0.2) is 0 Å². The van der Waals surface area contributed by atoms with Crippen molar-refractivity contribution in [1.29, 1.82) is 0 Å². The third kappa shape index (κ3) is 6.55. The van der Waals surface area contributed by atoms with Crippen molar-refractivity contribution in [1.82, 2.24) is 0 Å². The summed E-state index contributed by atoms with van der Waals surface area (Å²) >= 11 is 67.1. The zero-order valence-electron chi connectivity index (χ0n) is 8.24. The van der Waals surface area contributed by atoms with E-state index in [0.29, 0.717) is 0 Å². The Labute approximate surface area is 193 Å². The van der Waals surface area contributed by atoms with Gasteiger partial charge in [0.25, 0.3) is 0 Å². The molecule has 0 saturated heterocycles. The van der Waals surface area contributed by atoms with E-state index in [1.165, 1.54) is 0 Å². The molecule has 0 spiro atoms. The van der Waals surface area contributed by atoms with Crippen LogP contribution in [-0.2, 0) is 0 Å². The Bertz CT molecular complexity index is 270. The van der Waals surface area contributed by atoms with Crippen LogP contribution in [0.3, 0.4) is 0 Å². The van der Waals surface area contributed by atoms with Gasteiger partial charge in [-0.3, -0.25) is 0 Å². The van der Waals surface area contributed by atoms with Gasteiger partial charge in [-0.05, 0) is 0 Å². The molecule has 0 heterocycles. The molecule has 20 heavy (non-hydrogen) atoms. The fourth-order valence-corrected chi connectivity index (χ4v) is 3.31. The molecule has 0 unspecified atom stereocenters. The quantitative estimate of drug-likeness (QED) is 0.204. The molecule has 0 nitrogen and oxygen atoms in total. The second-order valence-electron chi connectivity index (χ2n) is 2.78. The predicted octanol–water partition coefficient (Wildman–Crippen LogP) is 8.25. The molecule has 0 fully saturated rings. The van der Waals surface area contributed by atoms with E-state index in [0.717, 1.165) is 0 Å². The molecule has 0 aliphatic carbocycles. The van der Waals surface area contributed by atoms with E-state index >= 15 is 0 Å². The minimum absolute atomic E-state index is 0.706. The normalized spacial score (nSPS) is 14.7. The van der Waals surface area contributed by atoms with Crippen LogP contribution in [-0.4, -0.2) is 39.9 Å². The van der Waals surface area contributed by atoms with Crippen LogP contribution in [0.5, 0.6) is 0 Å². The Morgan fingerprint density at radius 2 is 0.550 bits per heavy atom. The summed E-state index contributed by atoms with van der Waals surface area (Å²) < 4.78 is -12.2. The van der Waals surface area contributed by atoms with E-state index in [2.05, 4.69) is 0 Å². The number of hydrogen-bond acceptors (Lipinski definition) is 0. The number of rotatable bonds is 2. The predicted molar refractivity (Wildman–Crippen MR) is 101 cm³/mol. The zero-order chi connectivity index (χ0) is 17.2. The van der Waals surface area contributed by atoms with Crippen molar-refractivity contribution in [3.8, 4) is 0 Å².